The van der Waals surface area contributed by atoms with Crippen LogP contribution in [0.2, 0.25) is 0 Å². The van der Waals surface area contributed by atoms with Crippen LogP contribution in [0, 0.1) is 0 Å². The zero-order valence-electron chi connectivity index (χ0n) is 12.7. The van der Waals surface area contributed by atoms with E-state index in [2.05, 4.69) is 42.3 Å². The topological polar surface area (TPSA) is 56.1 Å². The number of nitrogens with zero attached hydrogens (tertiary/aromatic N) is 2. The number of nitrogens with one attached hydrogen (secondary N) is 1. The molecule has 0 aliphatic heterocycles. The van der Waals surface area contributed by atoms with Crippen molar-refractivity contribution in [2.75, 3.05) is 12.4 Å². The van der Waals surface area contributed by atoms with Crippen LogP contribution >= 0.6 is 31.9 Å². The third-order valence-electron chi connectivity index (χ3n) is 3.35. The molecule has 2 aromatic carbocycles. The van der Waals surface area contributed by atoms with Crippen LogP contribution in [-0.4, -0.2) is 22.8 Å². The summed E-state index contributed by atoms with van der Waals surface area (Å²) in [7, 11) is 1.57. The first-order valence-electron chi connectivity index (χ1n) is 7.02. The van der Waals surface area contributed by atoms with Crippen LogP contribution in [0.3, 0.4) is 0 Å². The number of rotatable bonds is 4. The smallest absolute Gasteiger partial charge is 0.255 e. The summed E-state index contributed by atoms with van der Waals surface area (Å²) in [6, 6.07) is 12.6. The van der Waals surface area contributed by atoms with Crippen LogP contribution in [0.15, 0.2) is 63.8 Å². The summed E-state index contributed by atoms with van der Waals surface area (Å²) >= 11 is 6.75. The molecule has 0 saturated carbocycles. The maximum absolute atomic E-state index is 12.4. The Morgan fingerprint density at radius 1 is 1.12 bits per heavy atom. The van der Waals surface area contributed by atoms with Crippen LogP contribution in [0.4, 0.5) is 5.69 Å². The molecule has 1 aromatic heterocycles. The largest absolute Gasteiger partial charge is 0.495 e. The molecule has 3 rings (SSSR count). The molecule has 0 aliphatic carbocycles. The van der Waals surface area contributed by atoms with E-state index in [9.17, 15) is 4.79 Å². The van der Waals surface area contributed by atoms with E-state index >= 15 is 0 Å². The first-order valence-corrected chi connectivity index (χ1v) is 8.61. The van der Waals surface area contributed by atoms with Gasteiger partial charge < -0.3 is 10.1 Å². The molecule has 3 aromatic rings. The Kier molecular flexibility index (Phi) is 5.01. The summed E-state index contributed by atoms with van der Waals surface area (Å²) in [6.45, 7) is 0. The van der Waals surface area contributed by atoms with Crippen molar-refractivity contribution in [1.29, 1.82) is 0 Å². The number of hydrogen-bond acceptors (Lipinski definition) is 3. The fourth-order valence-corrected chi connectivity index (χ4v) is 2.83. The van der Waals surface area contributed by atoms with Gasteiger partial charge in [-0.1, -0.05) is 15.9 Å². The zero-order chi connectivity index (χ0) is 17.1. The minimum Gasteiger partial charge on any atom is -0.495 e. The van der Waals surface area contributed by atoms with E-state index in [0.29, 0.717) is 17.0 Å². The van der Waals surface area contributed by atoms with Gasteiger partial charge in [0.2, 0.25) is 0 Å². The monoisotopic (exact) mass is 449 g/mol. The summed E-state index contributed by atoms with van der Waals surface area (Å²) < 4.78 is 8.74. The third kappa shape index (κ3) is 3.68. The van der Waals surface area contributed by atoms with Crippen LogP contribution in [0.5, 0.6) is 5.75 Å². The van der Waals surface area contributed by atoms with Gasteiger partial charge >= 0.3 is 0 Å². The molecule has 0 atom stereocenters. The van der Waals surface area contributed by atoms with Crippen molar-refractivity contribution >= 4 is 43.5 Å². The Morgan fingerprint density at radius 2 is 1.88 bits per heavy atom. The summed E-state index contributed by atoms with van der Waals surface area (Å²) in [5, 5.41) is 7.07. The van der Waals surface area contributed by atoms with E-state index in [1.165, 1.54) is 0 Å². The van der Waals surface area contributed by atoms with Gasteiger partial charge in [-0.05, 0) is 58.4 Å². The van der Waals surface area contributed by atoms with E-state index in [1.54, 1.807) is 42.3 Å². The fourth-order valence-electron chi connectivity index (χ4n) is 2.18. The Morgan fingerprint density at radius 3 is 2.50 bits per heavy atom. The van der Waals surface area contributed by atoms with Gasteiger partial charge in [0.05, 0.1) is 29.2 Å². The van der Waals surface area contributed by atoms with Crippen molar-refractivity contribution in [3.05, 3.63) is 69.4 Å². The lowest BCUT2D eigenvalue weighted by Gasteiger charge is -2.11. The first-order chi connectivity index (χ1) is 11.6. The highest BCUT2D eigenvalue weighted by molar-refractivity contribution is 9.10. The van der Waals surface area contributed by atoms with Crippen molar-refractivity contribution in [2.45, 2.75) is 0 Å². The van der Waals surface area contributed by atoms with E-state index in [-0.39, 0.29) is 5.91 Å². The average Bonchev–Trinajstić information content (AvgIpc) is 3.02. The van der Waals surface area contributed by atoms with Gasteiger partial charge in [-0.2, -0.15) is 5.10 Å². The van der Waals surface area contributed by atoms with Crippen LogP contribution in [0.1, 0.15) is 10.4 Å². The van der Waals surface area contributed by atoms with Gasteiger partial charge in [-0.15, -0.1) is 0 Å². The van der Waals surface area contributed by atoms with Gasteiger partial charge in [-0.25, -0.2) is 4.68 Å². The summed E-state index contributed by atoms with van der Waals surface area (Å²) in [5.74, 6) is 0.393. The van der Waals surface area contributed by atoms with Gasteiger partial charge in [-0.3, -0.25) is 4.79 Å². The van der Waals surface area contributed by atoms with Crippen molar-refractivity contribution in [1.82, 2.24) is 9.78 Å². The van der Waals surface area contributed by atoms with E-state index in [4.69, 9.17) is 4.74 Å². The molecule has 122 valence electrons. The highest BCUT2D eigenvalue weighted by atomic mass is 79.9. The molecule has 24 heavy (non-hydrogen) atoms. The zero-order valence-corrected chi connectivity index (χ0v) is 15.8. The summed E-state index contributed by atoms with van der Waals surface area (Å²) in [5.41, 5.74) is 2.03. The number of anilines is 1. The maximum atomic E-state index is 12.4. The number of ether oxygens (including phenoxy) is 1. The van der Waals surface area contributed by atoms with Crippen LogP contribution in [0.25, 0.3) is 5.69 Å². The predicted octanol–water partition coefficient (Wildman–Crippen LogP) is 4.66. The standard InChI is InChI=1S/C17H13Br2N3O2/c1-24-16-7-4-12(18)8-15(16)21-17(23)11-2-5-14(6-3-11)22-10-13(19)9-20-22/h2-10H,1H3,(H,21,23). The number of methoxy groups -OCH3 is 1. The number of amides is 1. The molecule has 0 fully saturated rings. The predicted molar refractivity (Wildman–Crippen MR) is 99.9 cm³/mol. The highest BCUT2D eigenvalue weighted by Gasteiger charge is 2.11. The van der Waals surface area contributed by atoms with Crippen LogP contribution in [-0.2, 0) is 0 Å². The first kappa shape index (κ1) is 16.7. The molecule has 1 heterocycles. The fraction of sp³-hybridized carbons (Fsp3) is 0.0588. The minimum atomic E-state index is -0.209. The van der Waals surface area contributed by atoms with Gasteiger partial charge in [0.15, 0.2) is 0 Å². The summed E-state index contributed by atoms with van der Waals surface area (Å²) in [4.78, 5) is 12.4. The molecule has 0 unspecified atom stereocenters. The SMILES string of the molecule is COc1ccc(Br)cc1NC(=O)c1ccc(-n2cc(Br)cn2)cc1. The number of hydrogen-bond donors (Lipinski definition) is 1. The maximum Gasteiger partial charge on any atom is 0.255 e. The van der Waals surface area contributed by atoms with E-state index in [1.807, 2.05) is 24.4 Å². The molecular weight excluding hydrogens is 438 g/mol. The van der Waals surface area contributed by atoms with Gasteiger partial charge in [0.25, 0.3) is 5.91 Å². The highest BCUT2D eigenvalue weighted by Crippen LogP contribution is 2.28. The molecule has 0 bridgehead atoms. The minimum absolute atomic E-state index is 0.209. The quantitative estimate of drug-likeness (QED) is 0.628. The Hall–Kier alpha value is -2.12. The second-order valence-corrected chi connectivity index (χ2v) is 6.78. The Bertz CT molecular complexity index is 876. The Balaban J connectivity index is 1.79. The molecule has 0 saturated heterocycles. The van der Waals surface area contributed by atoms with Crippen molar-refractivity contribution < 1.29 is 9.53 Å². The van der Waals surface area contributed by atoms with Crippen molar-refractivity contribution in [3.8, 4) is 11.4 Å². The van der Waals surface area contributed by atoms with Crippen molar-refractivity contribution in [2.24, 2.45) is 0 Å². The average molecular weight is 451 g/mol. The van der Waals surface area contributed by atoms with Crippen LogP contribution < -0.4 is 10.1 Å². The third-order valence-corrected chi connectivity index (χ3v) is 4.26. The molecule has 1 N–H and O–H groups in total. The summed E-state index contributed by atoms with van der Waals surface area (Å²) in [6.07, 6.45) is 3.56. The lowest BCUT2D eigenvalue weighted by molar-refractivity contribution is 0.102. The second-order valence-electron chi connectivity index (χ2n) is 4.95. The van der Waals surface area contributed by atoms with Crippen molar-refractivity contribution in [3.63, 3.8) is 0 Å². The van der Waals surface area contributed by atoms with E-state index < -0.39 is 0 Å². The number of halogens is 2. The van der Waals surface area contributed by atoms with E-state index in [0.717, 1.165) is 14.6 Å². The normalized spacial score (nSPS) is 10.5. The van der Waals surface area contributed by atoms with Gasteiger partial charge in [0.1, 0.15) is 5.75 Å². The molecule has 5 nitrogen and oxygen atoms in total. The molecular formula is C17H13Br2N3O2. The number of benzene rings is 2. The number of carbonyl (C=O) groups excluding carboxylic acids is 1. The lowest BCUT2D eigenvalue weighted by atomic mass is 10.2. The number of aromatic nitrogens is 2. The molecule has 7 heteroatoms. The molecule has 0 aliphatic rings. The Labute approximate surface area is 155 Å². The second kappa shape index (κ2) is 7.19. The number of carbonyl (C=O) groups is 1. The molecule has 0 radical (unpaired) electrons. The van der Waals surface area contributed by atoms with Gasteiger partial charge in [0, 0.05) is 16.2 Å². The molecule has 1 amide bonds. The molecule has 0 spiro atoms. The lowest BCUT2D eigenvalue weighted by Crippen LogP contribution is -2.12.